The molecule has 0 radical (unpaired) electrons. The number of nitrogens with one attached hydrogen (secondary N) is 1. The Morgan fingerprint density at radius 1 is 1.63 bits per heavy atom. The highest BCUT2D eigenvalue weighted by Gasteiger charge is 2.45. The summed E-state index contributed by atoms with van der Waals surface area (Å²) in [4.78, 5) is 16.2. The van der Waals surface area contributed by atoms with E-state index >= 15 is 0 Å². The number of nitrogens with zero attached hydrogens (tertiary/aromatic N) is 2. The summed E-state index contributed by atoms with van der Waals surface area (Å²) in [6.45, 7) is 3.65. The fourth-order valence-corrected chi connectivity index (χ4v) is 3.12. The largest absolute Gasteiger partial charge is 0.378 e. The highest BCUT2D eigenvalue weighted by Crippen LogP contribution is 2.38. The number of ether oxygens (including phenoxy) is 1. The molecule has 1 aromatic heterocycles. The number of hydrogen-bond acceptors (Lipinski definition) is 3. The third-order valence-corrected chi connectivity index (χ3v) is 4.31. The quantitative estimate of drug-likeness (QED) is 0.866. The molecular formula is C14H21N3O2. The van der Waals surface area contributed by atoms with Gasteiger partial charge in [-0.25, -0.2) is 4.98 Å². The summed E-state index contributed by atoms with van der Waals surface area (Å²) in [6.07, 6.45) is 7.65. The lowest BCUT2D eigenvalue weighted by Gasteiger charge is -2.39. The maximum absolute atomic E-state index is 11.9. The van der Waals surface area contributed by atoms with Gasteiger partial charge in [0.05, 0.1) is 6.10 Å². The molecule has 104 valence electrons. The van der Waals surface area contributed by atoms with E-state index in [1.165, 1.54) is 0 Å². The van der Waals surface area contributed by atoms with Crippen molar-refractivity contribution in [2.75, 3.05) is 6.61 Å². The van der Waals surface area contributed by atoms with Crippen LogP contribution in [0.3, 0.4) is 0 Å². The summed E-state index contributed by atoms with van der Waals surface area (Å²) in [6, 6.07) is 0.341. The average molecular weight is 263 g/mol. The molecule has 1 saturated heterocycles. The van der Waals surface area contributed by atoms with Gasteiger partial charge in [0.2, 0.25) is 5.91 Å². The zero-order chi connectivity index (χ0) is 13.2. The predicted octanol–water partition coefficient (Wildman–Crippen LogP) is 1.13. The van der Waals surface area contributed by atoms with Crippen LogP contribution in [-0.2, 0) is 22.5 Å². The number of fused-ring (bicyclic) bond motifs is 1. The minimum atomic E-state index is 0.145. The second-order valence-corrected chi connectivity index (χ2v) is 5.41. The van der Waals surface area contributed by atoms with Gasteiger partial charge in [-0.2, -0.15) is 0 Å². The molecule has 3 atom stereocenters. The van der Waals surface area contributed by atoms with Crippen LogP contribution in [0.15, 0.2) is 12.4 Å². The first kappa shape index (κ1) is 12.7. The first-order valence-electron chi connectivity index (χ1n) is 7.19. The topological polar surface area (TPSA) is 56.2 Å². The Morgan fingerprint density at radius 3 is 3.32 bits per heavy atom. The molecule has 1 N–H and O–H groups in total. The van der Waals surface area contributed by atoms with E-state index in [0.29, 0.717) is 31.0 Å². The van der Waals surface area contributed by atoms with Crippen molar-refractivity contribution in [1.29, 1.82) is 0 Å². The Bertz CT molecular complexity index is 457. The van der Waals surface area contributed by atoms with Crippen LogP contribution >= 0.6 is 0 Å². The van der Waals surface area contributed by atoms with Gasteiger partial charge in [0.15, 0.2) is 0 Å². The van der Waals surface area contributed by atoms with E-state index in [9.17, 15) is 4.79 Å². The molecule has 1 aliphatic heterocycles. The number of carbonyl (C=O) groups is 1. The number of hydrogen-bond donors (Lipinski definition) is 1. The Hall–Kier alpha value is -1.36. The molecule has 1 aliphatic carbocycles. The molecule has 5 nitrogen and oxygen atoms in total. The van der Waals surface area contributed by atoms with Crippen molar-refractivity contribution in [3.63, 3.8) is 0 Å². The van der Waals surface area contributed by atoms with Gasteiger partial charge in [0, 0.05) is 50.3 Å². The zero-order valence-corrected chi connectivity index (χ0v) is 11.3. The minimum absolute atomic E-state index is 0.145. The van der Waals surface area contributed by atoms with Gasteiger partial charge in [-0.05, 0) is 12.8 Å². The van der Waals surface area contributed by atoms with E-state index in [0.717, 1.165) is 31.7 Å². The molecule has 2 fully saturated rings. The van der Waals surface area contributed by atoms with Crippen LogP contribution in [0.25, 0.3) is 0 Å². The standard InChI is InChI=1S/C14H21N3O2/c1-2-13-15-5-7-17(13)6-3-14(18)16-11-9-12-10(11)4-8-19-12/h5,7,10-12H,2-4,6,8-9H2,1H3,(H,16,18)/t10-,11-,12+/m1/s1. The van der Waals surface area contributed by atoms with Gasteiger partial charge in [-0.1, -0.05) is 6.92 Å². The van der Waals surface area contributed by atoms with Crippen LogP contribution in [0.1, 0.15) is 32.0 Å². The van der Waals surface area contributed by atoms with Crippen molar-refractivity contribution in [1.82, 2.24) is 14.9 Å². The molecule has 19 heavy (non-hydrogen) atoms. The van der Waals surface area contributed by atoms with Gasteiger partial charge >= 0.3 is 0 Å². The third-order valence-electron chi connectivity index (χ3n) is 4.31. The van der Waals surface area contributed by atoms with Crippen LogP contribution in [0.5, 0.6) is 0 Å². The van der Waals surface area contributed by atoms with E-state index < -0.39 is 0 Å². The van der Waals surface area contributed by atoms with Gasteiger partial charge in [0.1, 0.15) is 5.82 Å². The summed E-state index contributed by atoms with van der Waals surface area (Å²) in [5.41, 5.74) is 0. The van der Waals surface area contributed by atoms with E-state index in [4.69, 9.17) is 4.74 Å². The Balaban J connectivity index is 1.44. The van der Waals surface area contributed by atoms with Crippen molar-refractivity contribution >= 4 is 5.91 Å². The molecule has 3 rings (SSSR count). The monoisotopic (exact) mass is 263 g/mol. The second-order valence-electron chi connectivity index (χ2n) is 5.41. The van der Waals surface area contributed by atoms with Crippen LogP contribution in [-0.4, -0.2) is 34.2 Å². The van der Waals surface area contributed by atoms with Crippen LogP contribution in [0.2, 0.25) is 0 Å². The highest BCUT2D eigenvalue weighted by molar-refractivity contribution is 5.76. The molecule has 0 unspecified atom stereocenters. The second kappa shape index (κ2) is 5.33. The summed E-state index contributed by atoms with van der Waals surface area (Å²) < 4.78 is 7.61. The summed E-state index contributed by atoms with van der Waals surface area (Å²) in [5.74, 6) is 1.75. The Morgan fingerprint density at radius 2 is 2.53 bits per heavy atom. The fraction of sp³-hybridized carbons (Fsp3) is 0.714. The smallest absolute Gasteiger partial charge is 0.222 e. The molecule has 5 heteroatoms. The Labute approximate surface area is 113 Å². The average Bonchev–Trinajstić information content (AvgIpc) is 2.99. The number of amides is 1. The van der Waals surface area contributed by atoms with E-state index in [1.54, 1.807) is 6.20 Å². The molecule has 1 amide bonds. The lowest BCUT2D eigenvalue weighted by molar-refractivity contribution is -0.124. The van der Waals surface area contributed by atoms with Crippen LogP contribution in [0, 0.1) is 5.92 Å². The number of aryl methyl sites for hydroxylation is 2. The zero-order valence-electron chi connectivity index (χ0n) is 11.3. The fourth-order valence-electron chi connectivity index (χ4n) is 3.12. The van der Waals surface area contributed by atoms with Crippen molar-refractivity contribution in [2.45, 2.75) is 51.3 Å². The number of carbonyl (C=O) groups excluding carboxylic acids is 1. The van der Waals surface area contributed by atoms with Crippen molar-refractivity contribution in [3.8, 4) is 0 Å². The normalized spacial score (nSPS) is 28.8. The van der Waals surface area contributed by atoms with Gasteiger partial charge in [-0.15, -0.1) is 0 Å². The summed E-state index contributed by atoms with van der Waals surface area (Å²) in [7, 11) is 0. The van der Waals surface area contributed by atoms with Crippen molar-refractivity contribution in [3.05, 3.63) is 18.2 Å². The predicted molar refractivity (Wildman–Crippen MR) is 70.6 cm³/mol. The third kappa shape index (κ3) is 2.52. The summed E-state index contributed by atoms with van der Waals surface area (Å²) in [5, 5.41) is 3.14. The number of imidazole rings is 1. The van der Waals surface area contributed by atoms with Crippen LogP contribution in [0.4, 0.5) is 0 Å². The SMILES string of the molecule is CCc1nccn1CCC(=O)N[C@@H]1C[C@@H]2OCC[C@@H]21. The minimum Gasteiger partial charge on any atom is -0.378 e. The molecule has 2 heterocycles. The van der Waals surface area contributed by atoms with E-state index in [2.05, 4.69) is 21.8 Å². The van der Waals surface area contributed by atoms with E-state index in [-0.39, 0.29) is 5.91 Å². The molecule has 1 aromatic rings. The lowest BCUT2D eigenvalue weighted by atomic mass is 9.76. The van der Waals surface area contributed by atoms with Crippen molar-refractivity contribution in [2.24, 2.45) is 5.92 Å². The molecule has 0 bridgehead atoms. The number of aromatic nitrogens is 2. The highest BCUT2D eigenvalue weighted by atomic mass is 16.5. The van der Waals surface area contributed by atoms with Gasteiger partial charge in [0.25, 0.3) is 0 Å². The van der Waals surface area contributed by atoms with Crippen LogP contribution < -0.4 is 5.32 Å². The van der Waals surface area contributed by atoms with Gasteiger partial charge < -0.3 is 14.6 Å². The maximum atomic E-state index is 11.9. The molecule has 1 saturated carbocycles. The first-order chi connectivity index (χ1) is 9.28. The van der Waals surface area contributed by atoms with Crippen molar-refractivity contribution < 1.29 is 9.53 Å². The lowest BCUT2D eigenvalue weighted by Crippen LogP contribution is -2.53. The molecular weight excluding hydrogens is 242 g/mol. The van der Waals surface area contributed by atoms with Gasteiger partial charge in [-0.3, -0.25) is 4.79 Å². The first-order valence-corrected chi connectivity index (χ1v) is 7.19. The number of rotatable bonds is 5. The summed E-state index contributed by atoms with van der Waals surface area (Å²) >= 11 is 0. The molecule has 2 aliphatic rings. The molecule has 0 aromatic carbocycles. The van der Waals surface area contributed by atoms with E-state index in [1.807, 2.05) is 6.20 Å². The maximum Gasteiger partial charge on any atom is 0.222 e. The Kier molecular flexibility index (Phi) is 3.55. The molecule has 0 spiro atoms.